The Morgan fingerprint density at radius 1 is 1.50 bits per heavy atom. The molecule has 2 rings (SSSR count). The summed E-state index contributed by atoms with van der Waals surface area (Å²) >= 11 is 0. The zero-order valence-electron chi connectivity index (χ0n) is 11.4. The molecule has 2 atom stereocenters. The zero-order chi connectivity index (χ0) is 14.7. The van der Waals surface area contributed by atoms with E-state index in [1.165, 1.54) is 0 Å². The number of cyclic esters (lactones) is 1. The van der Waals surface area contributed by atoms with E-state index in [1.54, 1.807) is 25.1 Å². The van der Waals surface area contributed by atoms with Gasteiger partial charge in [-0.05, 0) is 25.5 Å². The molecule has 1 aliphatic rings. The molecular formula is C14H17F2NO3. The molecule has 1 saturated heterocycles. The minimum absolute atomic E-state index is 0.111. The Morgan fingerprint density at radius 3 is 2.85 bits per heavy atom. The molecular weight excluding hydrogens is 268 g/mol. The minimum Gasteiger partial charge on any atom is -0.487 e. The Morgan fingerprint density at radius 2 is 2.25 bits per heavy atom. The van der Waals surface area contributed by atoms with Crippen molar-refractivity contribution in [3.63, 3.8) is 0 Å². The summed E-state index contributed by atoms with van der Waals surface area (Å²) in [7, 11) is 0. The van der Waals surface area contributed by atoms with E-state index in [1.807, 2.05) is 6.92 Å². The van der Waals surface area contributed by atoms with Gasteiger partial charge in [-0.2, -0.15) is 0 Å². The van der Waals surface area contributed by atoms with E-state index in [0.29, 0.717) is 17.9 Å². The molecule has 1 fully saturated rings. The first-order valence-electron chi connectivity index (χ1n) is 6.44. The third-order valence-electron chi connectivity index (χ3n) is 3.06. The number of hydrogen-bond donors (Lipinski definition) is 1. The van der Waals surface area contributed by atoms with Crippen LogP contribution < -0.4 is 10.1 Å². The van der Waals surface area contributed by atoms with Crippen molar-refractivity contribution in [3.05, 3.63) is 23.8 Å². The highest BCUT2D eigenvalue weighted by molar-refractivity contribution is 5.81. The Hall–Kier alpha value is -1.85. The van der Waals surface area contributed by atoms with Crippen molar-refractivity contribution >= 4 is 11.7 Å². The van der Waals surface area contributed by atoms with Gasteiger partial charge in [0.25, 0.3) is 6.43 Å². The summed E-state index contributed by atoms with van der Waals surface area (Å²) in [4.78, 5) is 11.5. The average molecular weight is 285 g/mol. The van der Waals surface area contributed by atoms with Crippen LogP contribution in [0.4, 0.5) is 14.5 Å². The third-order valence-corrected chi connectivity index (χ3v) is 3.06. The van der Waals surface area contributed by atoms with Gasteiger partial charge in [0, 0.05) is 18.2 Å². The Bertz CT molecular complexity index is 493. The van der Waals surface area contributed by atoms with Crippen molar-refractivity contribution in [2.24, 2.45) is 0 Å². The molecule has 110 valence electrons. The summed E-state index contributed by atoms with van der Waals surface area (Å²) in [5.41, 5.74) is 1.41. The fourth-order valence-electron chi connectivity index (χ4n) is 2.07. The van der Waals surface area contributed by atoms with Crippen molar-refractivity contribution in [1.29, 1.82) is 0 Å². The predicted octanol–water partition coefficient (Wildman–Crippen LogP) is 2.75. The summed E-state index contributed by atoms with van der Waals surface area (Å²) in [6.45, 7) is 2.95. The van der Waals surface area contributed by atoms with Gasteiger partial charge in [-0.1, -0.05) is 6.07 Å². The fraction of sp³-hybridized carbons (Fsp3) is 0.500. The van der Waals surface area contributed by atoms with E-state index in [-0.39, 0.29) is 12.1 Å². The first-order chi connectivity index (χ1) is 9.45. The number of ether oxygens (including phenoxy) is 2. The van der Waals surface area contributed by atoms with Crippen molar-refractivity contribution in [3.8, 4) is 5.75 Å². The SMILES string of the molecule is Cc1ccc(N[C@@H]2C[C@H](C)OC2=O)cc1OCC(F)F. The normalized spacial score (nSPS) is 21.9. The molecule has 0 bridgehead atoms. The molecule has 0 aliphatic carbocycles. The second-order valence-electron chi connectivity index (χ2n) is 4.86. The fourth-order valence-corrected chi connectivity index (χ4v) is 2.07. The number of carbonyl (C=O) groups is 1. The van der Waals surface area contributed by atoms with Gasteiger partial charge in [-0.15, -0.1) is 0 Å². The lowest BCUT2D eigenvalue weighted by atomic mass is 10.1. The molecule has 1 aliphatic heterocycles. The molecule has 0 amide bonds. The van der Waals surface area contributed by atoms with Crippen LogP contribution in [-0.4, -0.2) is 31.1 Å². The van der Waals surface area contributed by atoms with E-state index in [9.17, 15) is 13.6 Å². The van der Waals surface area contributed by atoms with Crippen LogP contribution in [0.1, 0.15) is 18.9 Å². The van der Waals surface area contributed by atoms with Gasteiger partial charge < -0.3 is 14.8 Å². The molecule has 1 aromatic rings. The molecule has 1 N–H and O–H groups in total. The van der Waals surface area contributed by atoms with Gasteiger partial charge in [-0.3, -0.25) is 0 Å². The number of halogens is 2. The molecule has 1 heterocycles. The van der Waals surface area contributed by atoms with Gasteiger partial charge in [0.2, 0.25) is 0 Å². The summed E-state index contributed by atoms with van der Waals surface area (Å²) in [6.07, 6.45) is -2.04. The van der Waals surface area contributed by atoms with Gasteiger partial charge in [0.1, 0.15) is 24.5 Å². The number of aryl methyl sites for hydroxylation is 1. The van der Waals surface area contributed by atoms with E-state index < -0.39 is 19.1 Å². The molecule has 0 radical (unpaired) electrons. The molecule has 0 saturated carbocycles. The number of esters is 1. The van der Waals surface area contributed by atoms with E-state index in [4.69, 9.17) is 9.47 Å². The quantitative estimate of drug-likeness (QED) is 0.845. The number of benzene rings is 1. The van der Waals surface area contributed by atoms with Gasteiger partial charge in [-0.25, -0.2) is 13.6 Å². The number of nitrogens with one attached hydrogen (secondary N) is 1. The number of rotatable bonds is 5. The molecule has 0 aromatic heterocycles. The van der Waals surface area contributed by atoms with Crippen molar-refractivity contribution in [2.45, 2.75) is 38.8 Å². The van der Waals surface area contributed by atoms with E-state index >= 15 is 0 Å². The van der Waals surface area contributed by atoms with E-state index in [0.717, 1.165) is 5.56 Å². The van der Waals surface area contributed by atoms with Crippen LogP contribution in [0, 0.1) is 6.92 Å². The van der Waals surface area contributed by atoms with E-state index in [2.05, 4.69) is 5.32 Å². The zero-order valence-corrected chi connectivity index (χ0v) is 11.4. The van der Waals surface area contributed by atoms with Crippen LogP contribution in [0.15, 0.2) is 18.2 Å². The van der Waals surface area contributed by atoms with Crippen molar-refractivity contribution in [2.75, 3.05) is 11.9 Å². The maximum absolute atomic E-state index is 12.2. The highest BCUT2D eigenvalue weighted by Crippen LogP contribution is 2.25. The van der Waals surface area contributed by atoms with Crippen LogP contribution in [0.2, 0.25) is 0 Å². The summed E-state index contributed by atoms with van der Waals surface area (Å²) in [5.74, 6) is 0.0860. The maximum atomic E-state index is 12.2. The summed E-state index contributed by atoms with van der Waals surface area (Å²) < 4.78 is 34.4. The highest BCUT2D eigenvalue weighted by atomic mass is 19.3. The third kappa shape index (κ3) is 3.59. The first-order valence-corrected chi connectivity index (χ1v) is 6.44. The van der Waals surface area contributed by atoms with Crippen molar-refractivity contribution in [1.82, 2.24) is 0 Å². The first kappa shape index (κ1) is 14.6. The average Bonchev–Trinajstić information content (AvgIpc) is 2.68. The second-order valence-corrected chi connectivity index (χ2v) is 4.86. The van der Waals surface area contributed by atoms with Gasteiger partial charge in [0.15, 0.2) is 0 Å². The number of anilines is 1. The summed E-state index contributed by atoms with van der Waals surface area (Å²) in [6, 6.07) is 4.75. The maximum Gasteiger partial charge on any atom is 0.328 e. The number of hydrogen-bond acceptors (Lipinski definition) is 4. The van der Waals surface area contributed by atoms with Crippen molar-refractivity contribution < 1.29 is 23.0 Å². The highest BCUT2D eigenvalue weighted by Gasteiger charge is 2.31. The minimum atomic E-state index is -2.52. The molecule has 6 heteroatoms. The monoisotopic (exact) mass is 285 g/mol. The van der Waals surface area contributed by atoms with Crippen LogP contribution >= 0.6 is 0 Å². The summed E-state index contributed by atoms with van der Waals surface area (Å²) in [5, 5.41) is 3.03. The second kappa shape index (κ2) is 6.07. The van der Waals surface area contributed by atoms with Crippen LogP contribution in [-0.2, 0) is 9.53 Å². The topological polar surface area (TPSA) is 47.6 Å². The lowest BCUT2D eigenvalue weighted by Gasteiger charge is -2.14. The van der Waals surface area contributed by atoms with Crippen LogP contribution in [0.25, 0.3) is 0 Å². The van der Waals surface area contributed by atoms with Gasteiger partial charge in [0.05, 0.1) is 0 Å². The molecule has 0 unspecified atom stereocenters. The Labute approximate surface area is 116 Å². The molecule has 20 heavy (non-hydrogen) atoms. The Balaban J connectivity index is 2.05. The van der Waals surface area contributed by atoms with Crippen LogP contribution in [0.5, 0.6) is 5.75 Å². The lowest BCUT2D eigenvalue weighted by molar-refractivity contribution is -0.141. The molecule has 4 nitrogen and oxygen atoms in total. The van der Waals surface area contributed by atoms with Crippen LogP contribution in [0.3, 0.4) is 0 Å². The lowest BCUT2D eigenvalue weighted by Crippen LogP contribution is -2.24. The smallest absolute Gasteiger partial charge is 0.328 e. The van der Waals surface area contributed by atoms with Gasteiger partial charge >= 0.3 is 5.97 Å². The largest absolute Gasteiger partial charge is 0.487 e. The standard InChI is InChI=1S/C14H17F2NO3/c1-8-3-4-10(6-12(8)19-7-13(15)16)17-11-5-9(2)20-14(11)18/h3-4,6,9,11,13,17H,5,7H2,1-2H3/t9-,11+/m0/s1. The molecule has 1 aromatic carbocycles. The molecule has 0 spiro atoms. The Kier molecular flexibility index (Phi) is 4.42. The number of carbonyl (C=O) groups excluding carboxylic acids is 1. The number of alkyl halides is 2. The predicted molar refractivity (Wildman–Crippen MR) is 70.3 cm³/mol.